The highest BCUT2D eigenvalue weighted by atomic mass is 79.9. The van der Waals surface area contributed by atoms with Crippen molar-refractivity contribution in [3.8, 4) is 0 Å². The third kappa shape index (κ3) is 4.47. The van der Waals surface area contributed by atoms with Crippen LogP contribution >= 0.6 is 15.9 Å². The normalized spacial score (nSPS) is 15.4. The van der Waals surface area contributed by atoms with Crippen LogP contribution in [0, 0.1) is 6.92 Å². The van der Waals surface area contributed by atoms with Gasteiger partial charge in [0.15, 0.2) is 0 Å². The molecule has 2 aromatic rings. The highest BCUT2D eigenvalue weighted by Gasteiger charge is 2.28. The molecule has 1 heterocycles. The summed E-state index contributed by atoms with van der Waals surface area (Å²) in [5.41, 5.74) is 2.04. The summed E-state index contributed by atoms with van der Waals surface area (Å²) in [6.07, 6.45) is 2.82. The molecule has 0 aromatic heterocycles. The first-order chi connectivity index (χ1) is 13.3. The van der Waals surface area contributed by atoms with Crippen LogP contribution < -0.4 is 0 Å². The molecule has 1 amide bonds. The molecular weight excluding hydrogens is 440 g/mol. The lowest BCUT2D eigenvalue weighted by atomic mass is 10.1. The zero-order valence-electron chi connectivity index (χ0n) is 16.2. The first-order valence-corrected chi connectivity index (χ1v) is 11.6. The standard InChI is InChI=1S/C21H25BrN2O3S/c1-16-10-11-17(14-20(16)28(26,27)24-12-6-3-7-13-24)21(25)23(2)15-18-8-4-5-9-19(18)22/h4-5,8-11,14H,3,6-7,12-13,15H2,1-2H3. The average Bonchev–Trinajstić information content (AvgIpc) is 2.70. The number of hydrogen-bond donors (Lipinski definition) is 0. The first-order valence-electron chi connectivity index (χ1n) is 9.40. The molecule has 1 saturated heterocycles. The molecule has 5 nitrogen and oxygen atoms in total. The van der Waals surface area contributed by atoms with E-state index in [2.05, 4.69) is 15.9 Å². The summed E-state index contributed by atoms with van der Waals surface area (Å²) >= 11 is 3.50. The van der Waals surface area contributed by atoms with Gasteiger partial charge in [-0.25, -0.2) is 8.42 Å². The van der Waals surface area contributed by atoms with Crippen molar-refractivity contribution in [2.75, 3.05) is 20.1 Å². The van der Waals surface area contributed by atoms with Crippen molar-refractivity contribution >= 4 is 31.9 Å². The Kier molecular flexibility index (Phi) is 6.58. The van der Waals surface area contributed by atoms with Gasteiger partial charge in [-0.05, 0) is 49.1 Å². The summed E-state index contributed by atoms with van der Waals surface area (Å²) in [5, 5.41) is 0. The van der Waals surface area contributed by atoms with Gasteiger partial charge < -0.3 is 4.90 Å². The highest BCUT2D eigenvalue weighted by molar-refractivity contribution is 9.10. The Morgan fingerprint density at radius 3 is 2.46 bits per heavy atom. The predicted octanol–water partition coefficient (Wildman–Crippen LogP) is 4.20. The smallest absolute Gasteiger partial charge is 0.253 e. The second-order valence-electron chi connectivity index (χ2n) is 7.20. The molecule has 0 unspecified atom stereocenters. The van der Waals surface area contributed by atoms with Crippen molar-refractivity contribution in [1.29, 1.82) is 0 Å². The van der Waals surface area contributed by atoms with Crippen molar-refractivity contribution in [3.63, 3.8) is 0 Å². The Hall–Kier alpha value is -1.70. The van der Waals surface area contributed by atoms with Crippen molar-refractivity contribution in [2.45, 2.75) is 37.6 Å². The van der Waals surface area contributed by atoms with Crippen LogP contribution in [0.2, 0.25) is 0 Å². The SMILES string of the molecule is Cc1ccc(C(=O)N(C)Cc2ccccc2Br)cc1S(=O)(=O)N1CCCCC1. The molecule has 2 aromatic carbocycles. The van der Waals surface area contributed by atoms with Crippen molar-refractivity contribution in [3.05, 3.63) is 63.6 Å². The van der Waals surface area contributed by atoms with Gasteiger partial charge in [-0.3, -0.25) is 4.79 Å². The third-order valence-corrected chi connectivity index (χ3v) is 7.89. The van der Waals surface area contributed by atoms with E-state index in [1.807, 2.05) is 24.3 Å². The maximum absolute atomic E-state index is 13.1. The molecule has 0 saturated carbocycles. The zero-order valence-corrected chi connectivity index (χ0v) is 18.6. The Balaban J connectivity index is 1.86. The topological polar surface area (TPSA) is 57.7 Å². The molecular formula is C21H25BrN2O3S. The maximum atomic E-state index is 13.1. The molecule has 1 aliphatic heterocycles. The molecule has 1 aliphatic rings. The number of benzene rings is 2. The fraction of sp³-hybridized carbons (Fsp3) is 0.381. The molecule has 0 N–H and O–H groups in total. The Labute approximate surface area is 175 Å². The fourth-order valence-electron chi connectivity index (χ4n) is 3.43. The van der Waals surface area contributed by atoms with Crippen molar-refractivity contribution < 1.29 is 13.2 Å². The zero-order chi connectivity index (χ0) is 20.3. The summed E-state index contributed by atoms with van der Waals surface area (Å²) in [4.78, 5) is 14.8. The van der Waals surface area contributed by atoms with E-state index in [1.54, 1.807) is 31.0 Å². The first kappa shape index (κ1) is 21.0. The molecule has 1 fully saturated rings. The number of nitrogens with zero attached hydrogens (tertiary/aromatic N) is 2. The van der Waals surface area contributed by atoms with Crippen molar-refractivity contribution in [1.82, 2.24) is 9.21 Å². The summed E-state index contributed by atoms with van der Waals surface area (Å²) in [5.74, 6) is -0.203. The van der Waals surface area contributed by atoms with Crippen molar-refractivity contribution in [2.24, 2.45) is 0 Å². The summed E-state index contributed by atoms with van der Waals surface area (Å²) in [6.45, 7) is 3.29. The van der Waals surface area contributed by atoms with Crippen LogP contribution in [-0.4, -0.2) is 43.7 Å². The quantitative estimate of drug-likeness (QED) is 0.665. The number of halogens is 1. The van der Waals surface area contributed by atoms with Gasteiger partial charge in [-0.2, -0.15) is 4.31 Å². The van der Waals surface area contributed by atoms with Crippen LogP contribution in [0.3, 0.4) is 0 Å². The average molecular weight is 465 g/mol. The van der Waals surface area contributed by atoms with Crippen LogP contribution in [0.15, 0.2) is 51.8 Å². The molecule has 0 aliphatic carbocycles. The molecule has 150 valence electrons. The molecule has 28 heavy (non-hydrogen) atoms. The lowest BCUT2D eigenvalue weighted by molar-refractivity contribution is 0.0784. The van der Waals surface area contributed by atoms with E-state index in [0.717, 1.165) is 29.3 Å². The number of carbonyl (C=O) groups is 1. The lowest BCUT2D eigenvalue weighted by Crippen LogP contribution is -2.36. The van der Waals surface area contributed by atoms with E-state index in [4.69, 9.17) is 0 Å². The molecule has 0 bridgehead atoms. The second kappa shape index (κ2) is 8.76. The number of sulfonamides is 1. The molecule has 3 rings (SSSR count). The van der Waals surface area contributed by atoms with E-state index < -0.39 is 10.0 Å². The number of amides is 1. The Morgan fingerprint density at radius 1 is 1.11 bits per heavy atom. The minimum atomic E-state index is -3.58. The lowest BCUT2D eigenvalue weighted by Gasteiger charge is -2.27. The van der Waals surface area contributed by atoms with Gasteiger partial charge in [0.1, 0.15) is 0 Å². The summed E-state index contributed by atoms with van der Waals surface area (Å²) in [6, 6.07) is 12.7. The van der Waals surface area contributed by atoms with E-state index in [-0.39, 0.29) is 10.8 Å². The summed E-state index contributed by atoms with van der Waals surface area (Å²) in [7, 11) is -1.86. The van der Waals surface area contributed by atoms with E-state index in [0.29, 0.717) is 30.8 Å². The van der Waals surface area contributed by atoms with E-state index >= 15 is 0 Å². The maximum Gasteiger partial charge on any atom is 0.253 e. The van der Waals surface area contributed by atoms with Crippen LogP contribution in [-0.2, 0) is 16.6 Å². The van der Waals surface area contributed by atoms with Crippen LogP contribution in [0.1, 0.15) is 40.7 Å². The van der Waals surface area contributed by atoms with E-state index in [1.165, 1.54) is 10.4 Å². The van der Waals surface area contributed by atoms with Gasteiger partial charge in [-0.1, -0.05) is 46.6 Å². The van der Waals surface area contributed by atoms with Gasteiger partial charge in [0.05, 0.1) is 4.90 Å². The van der Waals surface area contributed by atoms with Gasteiger partial charge in [0.2, 0.25) is 10.0 Å². The van der Waals surface area contributed by atoms with Crippen LogP contribution in [0.25, 0.3) is 0 Å². The van der Waals surface area contributed by atoms with Gasteiger partial charge in [0, 0.05) is 36.7 Å². The third-order valence-electron chi connectivity index (χ3n) is 5.08. The minimum Gasteiger partial charge on any atom is -0.337 e. The largest absolute Gasteiger partial charge is 0.337 e. The van der Waals surface area contributed by atoms with E-state index in [9.17, 15) is 13.2 Å². The number of rotatable bonds is 5. The number of aryl methyl sites for hydroxylation is 1. The molecule has 0 atom stereocenters. The summed E-state index contributed by atoms with van der Waals surface area (Å²) < 4.78 is 28.6. The highest BCUT2D eigenvalue weighted by Crippen LogP contribution is 2.25. The van der Waals surface area contributed by atoms with Gasteiger partial charge >= 0.3 is 0 Å². The van der Waals surface area contributed by atoms with Gasteiger partial charge in [-0.15, -0.1) is 0 Å². The second-order valence-corrected chi connectivity index (χ2v) is 9.96. The Bertz CT molecular complexity index is 969. The van der Waals surface area contributed by atoms with Crippen LogP contribution in [0.5, 0.6) is 0 Å². The molecule has 0 spiro atoms. The molecule has 7 heteroatoms. The minimum absolute atomic E-state index is 0.203. The Morgan fingerprint density at radius 2 is 1.79 bits per heavy atom. The number of piperidine rings is 1. The number of carbonyl (C=O) groups excluding carboxylic acids is 1. The van der Waals surface area contributed by atoms with Gasteiger partial charge in [0.25, 0.3) is 5.91 Å². The fourth-order valence-corrected chi connectivity index (χ4v) is 5.61. The predicted molar refractivity (Wildman–Crippen MR) is 114 cm³/mol. The monoisotopic (exact) mass is 464 g/mol. The molecule has 0 radical (unpaired) electrons. The van der Waals surface area contributed by atoms with Crippen LogP contribution in [0.4, 0.5) is 0 Å². The number of hydrogen-bond acceptors (Lipinski definition) is 3.